The molecule has 2 N–H and O–H groups in total. The van der Waals surface area contributed by atoms with Gasteiger partial charge in [-0.2, -0.15) is 0 Å². The quantitative estimate of drug-likeness (QED) is 0.907. The van der Waals surface area contributed by atoms with E-state index in [4.69, 9.17) is 0 Å². The van der Waals surface area contributed by atoms with Crippen molar-refractivity contribution < 1.29 is 18.7 Å². The van der Waals surface area contributed by atoms with Crippen LogP contribution in [0.1, 0.15) is 27.2 Å². The van der Waals surface area contributed by atoms with E-state index >= 15 is 0 Å². The second-order valence-corrected chi connectivity index (χ2v) is 4.70. The highest BCUT2D eigenvalue weighted by Crippen LogP contribution is 2.20. The number of nitrogens with one attached hydrogen (secondary N) is 1. The summed E-state index contributed by atoms with van der Waals surface area (Å²) in [4.78, 5) is 15.4. The van der Waals surface area contributed by atoms with Crippen LogP contribution in [0.5, 0.6) is 0 Å². The predicted octanol–water partition coefficient (Wildman–Crippen LogP) is 3.29. The number of carboxylic acid groups (broad SMARTS) is 1. The largest absolute Gasteiger partial charge is 0.478 e. The molecule has 1 aromatic carbocycles. The van der Waals surface area contributed by atoms with E-state index in [-0.39, 0.29) is 23.5 Å². The van der Waals surface area contributed by atoms with Gasteiger partial charge in [0.05, 0.1) is 0 Å². The number of aryl methyl sites for hydroxylation is 2. The van der Waals surface area contributed by atoms with Crippen molar-refractivity contribution in [2.24, 2.45) is 0 Å². The van der Waals surface area contributed by atoms with Gasteiger partial charge in [0.2, 0.25) is 0 Å². The summed E-state index contributed by atoms with van der Waals surface area (Å²) in [5.74, 6) is -2.29. The first kappa shape index (κ1) is 14.9. The van der Waals surface area contributed by atoms with Gasteiger partial charge in [-0.15, -0.1) is 0 Å². The molecule has 0 unspecified atom stereocenters. The van der Waals surface area contributed by atoms with Crippen LogP contribution in [0, 0.1) is 25.5 Å². The SMILES string of the molecule is Cc1cc(C)c(C(=O)O)c(NCc2ccc(F)cc2F)n1. The fourth-order valence-corrected chi connectivity index (χ4v) is 2.08. The highest BCUT2D eigenvalue weighted by molar-refractivity contribution is 5.94. The van der Waals surface area contributed by atoms with Crippen LogP contribution in [0.4, 0.5) is 14.6 Å². The molecule has 4 nitrogen and oxygen atoms in total. The number of nitrogens with zero attached hydrogens (tertiary/aromatic N) is 1. The zero-order valence-electron chi connectivity index (χ0n) is 11.6. The Morgan fingerprint density at radius 1 is 1.29 bits per heavy atom. The number of rotatable bonds is 4. The summed E-state index contributed by atoms with van der Waals surface area (Å²) < 4.78 is 26.4. The summed E-state index contributed by atoms with van der Waals surface area (Å²) in [5, 5.41) is 12.0. The van der Waals surface area contributed by atoms with Crippen LogP contribution in [0.15, 0.2) is 24.3 Å². The van der Waals surface area contributed by atoms with Crippen LogP contribution in [0.3, 0.4) is 0 Å². The Balaban J connectivity index is 2.29. The maximum Gasteiger partial charge on any atom is 0.339 e. The summed E-state index contributed by atoms with van der Waals surface area (Å²) in [6.07, 6.45) is 0. The molecule has 1 aromatic heterocycles. The van der Waals surface area contributed by atoms with Gasteiger partial charge >= 0.3 is 5.97 Å². The third-order valence-electron chi connectivity index (χ3n) is 3.02. The van der Waals surface area contributed by atoms with Crippen LogP contribution in [0.2, 0.25) is 0 Å². The van der Waals surface area contributed by atoms with Crippen molar-refractivity contribution in [1.29, 1.82) is 0 Å². The van der Waals surface area contributed by atoms with E-state index in [0.29, 0.717) is 11.3 Å². The summed E-state index contributed by atoms with van der Waals surface area (Å²) >= 11 is 0. The number of benzene rings is 1. The van der Waals surface area contributed by atoms with Gasteiger partial charge in [-0.1, -0.05) is 6.07 Å². The lowest BCUT2D eigenvalue weighted by Crippen LogP contribution is -2.11. The monoisotopic (exact) mass is 292 g/mol. The van der Waals surface area contributed by atoms with Crippen molar-refractivity contribution in [3.63, 3.8) is 0 Å². The van der Waals surface area contributed by atoms with Gasteiger partial charge in [-0.3, -0.25) is 0 Å². The van der Waals surface area contributed by atoms with Crippen LogP contribution >= 0.6 is 0 Å². The van der Waals surface area contributed by atoms with Gasteiger partial charge in [-0.05, 0) is 31.5 Å². The molecule has 0 saturated carbocycles. The minimum absolute atomic E-state index is 0.0162. The van der Waals surface area contributed by atoms with E-state index in [1.54, 1.807) is 19.9 Å². The molecular formula is C15H14F2N2O2. The fourth-order valence-electron chi connectivity index (χ4n) is 2.08. The van der Waals surface area contributed by atoms with Crippen LogP contribution < -0.4 is 5.32 Å². The Bertz CT molecular complexity index is 702. The van der Waals surface area contributed by atoms with E-state index in [1.165, 1.54) is 6.07 Å². The lowest BCUT2D eigenvalue weighted by molar-refractivity contribution is 0.0697. The molecule has 21 heavy (non-hydrogen) atoms. The zero-order chi connectivity index (χ0) is 15.6. The first-order valence-electron chi connectivity index (χ1n) is 6.28. The number of hydrogen-bond acceptors (Lipinski definition) is 3. The predicted molar refractivity (Wildman–Crippen MR) is 74.4 cm³/mol. The molecule has 0 bridgehead atoms. The molecule has 2 rings (SSSR count). The number of aromatic carboxylic acids is 1. The second-order valence-electron chi connectivity index (χ2n) is 4.70. The van der Waals surface area contributed by atoms with Gasteiger partial charge in [-0.25, -0.2) is 18.6 Å². The third-order valence-corrected chi connectivity index (χ3v) is 3.02. The van der Waals surface area contributed by atoms with E-state index in [9.17, 15) is 18.7 Å². The second kappa shape index (κ2) is 5.87. The van der Waals surface area contributed by atoms with Gasteiger partial charge in [0.25, 0.3) is 0 Å². The standard InChI is InChI=1S/C15H14F2N2O2/c1-8-5-9(2)19-14(13(8)15(20)21)18-7-10-3-4-11(16)6-12(10)17/h3-6H,7H2,1-2H3,(H,18,19)(H,20,21). The Morgan fingerprint density at radius 2 is 2.00 bits per heavy atom. The zero-order valence-corrected chi connectivity index (χ0v) is 11.6. The third kappa shape index (κ3) is 3.34. The first-order chi connectivity index (χ1) is 9.88. The van der Waals surface area contributed by atoms with Crippen molar-refractivity contribution in [3.05, 3.63) is 58.3 Å². The number of halogens is 2. The number of pyridine rings is 1. The van der Waals surface area contributed by atoms with E-state index in [1.807, 2.05) is 0 Å². The average Bonchev–Trinajstić information content (AvgIpc) is 2.36. The summed E-state index contributed by atoms with van der Waals surface area (Å²) in [5.41, 5.74) is 1.49. The van der Waals surface area contributed by atoms with Crippen LogP contribution in [-0.4, -0.2) is 16.1 Å². The lowest BCUT2D eigenvalue weighted by atomic mass is 10.1. The van der Waals surface area contributed by atoms with Crippen molar-refractivity contribution >= 4 is 11.8 Å². The molecule has 0 fully saturated rings. The molecule has 0 aliphatic heterocycles. The van der Waals surface area contributed by atoms with Crippen molar-refractivity contribution in [3.8, 4) is 0 Å². The molecule has 0 aliphatic carbocycles. The Morgan fingerprint density at radius 3 is 2.62 bits per heavy atom. The number of carbonyl (C=O) groups is 1. The summed E-state index contributed by atoms with van der Waals surface area (Å²) in [6.45, 7) is 3.42. The molecular weight excluding hydrogens is 278 g/mol. The van der Waals surface area contributed by atoms with Crippen molar-refractivity contribution in [2.75, 3.05) is 5.32 Å². The average molecular weight is 292 g/mol. The van der Waals surface area contributed by atoms with Gasteiger partial charge < -0.3 is 10.4 Å². The van der Waals surface area contributed by atoms with Crippen LogP contribution in [-0.2, 0) is 6.54 Å². The topological polar surface area (TPSA) is 62.2 Å². The van der Waals surface area contributed by atoms with Crippen molar-refractivity contribution in [1.82, 2.24) is 4.98 Å². The molecule has 0 spiro atoms. The highest BCUT2D eigenvalue weighted by Gasteiger charge is 2.16. The number of aromatic nitrogens is 1. The van der Waals surface area contributed by atoms with Crippen LogP contribution in [0.25, 0.3) is 0 Å². The minimum Gasteiger partial charge on any atom is -0.478 e. The number of carboxylic acids is 1. The van der Waals surface area contributed by atoms with E-state index < -0.39 is 17.6 Å². The maximum absolute atomic E-state index is 13.6. The van der Waals surface area contributed by atoms with E-state index in [2.05, 4.69) is 10.3 Å². The Labute approximate surface area is 120 Å². The van der Waals surface area contributed by atoms with Gasteiger partial charge in [0, 0.05) is 23.9 Å². The Hall–Kier alpha value is -2.50. The molecule has 0 amide bonds. The fraction of sp³-hybridized carbons (Fsp3) is 0.200. The van der Waals surface area contributed by atoms with Gasteiger partial charge in [0.1, 0.15) is 23.0 Å². The lowest BCUT2D eigenvalue weighted by Gasteiger charge is -2.12. The molecule has 110 valence electrons. The maximum atomic E-state index is 13.6. The van der Waals surface area contributed by atoms with E-state index in [0.717, 1.165) is 12.1 Å². The summed E-state index contributed by atoms with van der Waals surface area (Å²) in [6, 6.07) is 4.89. The molecule has 0 saturated heterocycles. The first-order valence-corrected chi connectivity index (χ1v) is 6.28. The molecule has 1 heterocycles. The van der Waals surface area contributed by atoms with Gasteiger partial charge in [0.15, 0.2) is 0 Å². The molecule has 6 heteroatoms. The molecule has 0 radical (unpaired) electrons. The highest BCUT2D eigenvalue weighted by atomic mass is 19.1. The molecule has 2 aromatic rings. The number of anilines is 1. The normalized spacial score (nSPS) is 10.5. The smallest absolute Gasteiger partial charge is 0.339 e. The summed E-state index contributed by atoms with van der Waals surface area (Å²) in [7, 11) is 0. The minimum atomic E-state index is -1.11. The molecule has 0 atom stereocenters. The van der Waals surface area contributed by atoms with Crippen molar-refractivity contribution in [2.45, 2.75) is 20.4 Å². The molecule has 0 aliphatic rings. The Kier molecular flexibility index (Phi) is 4.16. The number of hydrogen-bond donors (Lipinski definition) is 2.